The van der Waals surface area contributed by atoms with E-state index < -0.39 is 6.10 Å². The molecule has 1 unspecified atom stereocenters. The van der Waals surface area contributed by atoms with Crippen LogP contribution in [0.3, 0.4) is 0 Å². The Kier molecular flexibility index (Phi) is 42.1. The summed E-state index contributed by atoms with van der Waals surface area (Å²) < 4.78 is 16.7. The third-order valence-corrected chi connectivity index (χ3v) is 9.58. The molecule has 0 aromatic heterocycles. The summed E-state index contributed by atoms with van der Waals surface area (Å²) in [6.45, 7) is 6.32. The number of rotatable bonds is 40. The molecule has 0 aromatic carbocycles. The monoisotopic (exact) mass is 781 g/mol. The lowest BCUT2D eigenvalue weighted by Gasteiger charge is -2.18. The van der Waals surface area contributed by atoms with E-state index in [2.05, 4.69) is 93.7 Å². The average molecular weight is 781 g/mol. The highest BCUT2D eigenvalue weighted by Gasteiger charge is 2.19. The number of ether oxygens (including phenoxy) is 3. The second-order valence-corrected chi connectivity index (χ2v) is 15.0. The molecule has 0 fully saturated rings. The second-order valence-electron chi connectivity index (χ2n) is 15.0. The van der Waals surface area contributed by atoms with Gasteiger partial charge in [0, 0.05) is 19.3 Å². The molecule has 320 valence electrons. The molecule has 0 spiro atoms. The van der Waals surface area contributed by atoms with Crippen molar-refractivity contribution >= 4 is 17.9 Å². The zero-order chi connectivity index (χ0) is 40.8. The van der Waals surface area contributed by atoms with E-state index in [0.29, 0.717) is 19.3 Å². The third-order valence-electron chi connectivity index (χ3n) is 9.58. The predicted molar refractivity (Wildman–Crippen MR) is 238 cm³/mol. The van der Waals surface area contributed by atoms with Gasteiger partial charge in [0.15, 0.2) is 6.10 Å². The molecule has 0 aliphatic carbocycles. The summed E-state index contributed by atoms with van der Waals surface area (Å²) >= 11 is 0. The zero-order valence-electron chi connectivity index (χ0n) is 36.4. The van der Waals surface area contributed by atoms with E-state index in [-0.39, 0.29) is 31.1 Å². The molecule has 0 aliphatic heterocycles. The molecule has 0 aromatic rings. The molecule has 0 bridgehead atoms. The number of unbranched alkanes of at least 4 members (excludes halogenated alkanes) is 21. The van der Waals surface area contributed by atoms with Crippen molar-refractivity contribution < 1.29 is 28.6 Å². The van der Waals surface area contributed by atoms with Gasteiger partial charge in [-0.1, -0.05) is 203 Å². The van der Waals surface area contributed by atoms with E-state index in [9.17, 15) is 14.4 Å². The number of hydrogen-bond acceptors (Lipinski definition) is 6. The molecule has 0 N–H and O–H groups in total. The lowest BCUT2D eigenvalue weighted by atomic mass is 10.1. The van der Waals surface area contributed by atoms with Crippen LogP contribution in [0.15, 0.2) is 72.9 Å². The SMILES string of the molecule is CC\C=C/C=C\C=C/CCCCCCCCCC(=O)OCC(COC(=O)CCCCCCCCCCCC)OC(=O)CCCCCCC\C=C/C=C\C=C/CC. The number of esters is 3. The van der Waals surface area contributed by atoms with Crippen LogP contribution < -0.4 is 0 Å². The molecule has 0 heterocycles. The third kappa shape index (κ3) is 42.0. The molecule has 0 saturated heterocycles. The van der Waals surface area contributed by atoms with Crippen molar-refractivity contribution in [3.8, 4) is 0 Å². The van der Waals surface area contributed by atoms with Crippen LogP contribution in [-0.2, 0) is 28.6 Å². The molecule has 1 atom stereocenters. The van der Waals surface area contributed by atoms with Gasteiger partial charge in [0.1, 0.15) is 13.2 Å². The molecular formula is C50H84O6. The standard InChI is InChI=1S/C50H84O6/c1-4-7-10-13-16-19-22-24-25-27-28-31-34-37-40-43-49(52)55-46-47(45-54-48(51)42-39-36-33-30-21-18-15-12-9-6-3)56-50(53)44-41-38-35-32-29-26-23-20-17-14-11-8-5-2/h7-8,10-11,13-14,16-17,19-20,22-23,47H,4-6,9,12,15,18,21,24-46H2,1-3H3/b10-7-,11-8-,16-13-,17-14-,22-19-,23-20-. The van der Waals surface area contributed by atoms with Crippen LogP contribution >= 0.6 is 0 Å². The largest absolute Gasteiger partial charge is 0.462 e. The van der Waals surface area contributed by atoms with Crippen LogP contribution in [0.5, 0.6) is 0 Å². The first-order chi connectivity index (χ1) is 27.5. The first kappa shape index (κ1) is 52.9. The van der Waals surface area contributed by atoms with E-state index in [0.717, 1.165) is 96.3 Å². The van der Waals surface area contributed by atoms with Gasteiger partial charge in [0.25, 0.3) is 0 Å². The van der Waals surface area contributed by atoms with Crippen molar-refractivity contribution in [2.75, 3.05) is 13.2 Å². The Morgan fingerprint density at radius 1 is 0.375 bits per heavy atom. The minimum Gasteiger partial charge on any atom is -0.462 e. The smallest absolute Gasteiger partial charge is 0.306 e. The van der Waals surface area contributed by atoms with E-state index in [4.69, 9.17) is 14.2 Å². The summed E-state index contributed by atoms with van der Waals surface area (Å²) in [4.78, 5) is 37.7. The Morgan fingerprint density at radius 2 is 0.696 bits per heavy atom. The Morgan fingerprint density at radius 3 is 1.07 bits per heavy atom. The molecule has 56 heavy (non-hydrogen) atoms. The fourth-order valence-electron chi connectivity index (χ4n) is 6.15. The molecule has 6 heteroatoms. The summed E-state index contributed by atoms with van der Waals surface area (Å²) in [6.07, 6.45) is 54.5. The van der Waals surface area contributed by atoms with E-state index >= 15 is 0 Å². The summed E-state index contributed by atoms with van der Waals surface area (Å²) in [5, 5.41) is 0. The van der Waals surface area contributed by atoms with Crippen molar-refractivity contribution in [2.45, 2.75) is 213 Å². The van der Waals surface area contributed by atoms with Crippen LogP contribution in [0.25, 0.3) is 0 Å². The van der Waals surface area contributed by atoms with Gasteiger partial charge in [-0.2, -0.15) is 0 Å². The fraction of sp³-hybridized carbons (Fsp3) is 0.700. The second kappa shape index (κ2) is 44.6. The number of carbonyl (C=O) groups is 3. The van der Waals surface area contributed by atoms with Gasteiger partial charge in [0.2, 0.25) is 0 Å². The molecule has 0 aliphatic rings. The van der Waals surface area contributed by atoms with Crippen LogP contribution in [0.1, 0.15) is 207 Å². The van der Waals surface area contributed by atoms with E-state index in [1.165, 1.54) is 70.6 Å². The number of hydrogen-bond donors (Lipinski definition) is 0. The van der Waals surface area contributed by atoms with Gasteiger partial charge in [-0.05, 0) is 57.8 Å². The van der Waals surface area contributed by atoms with Crippen LogP contribution in [0, 0.1) is 0 Å². The molecule has 0 radical (unpaired) electrons. The Labute approximate surface area is 344 Å². The molecule has 0 rings (SSSR count). The lowest BCUT2D eigenvalue weighted by molar-refractivity contribution is -0.167. The minimum absolute atomic E-state index is 0.0873. The molecule has 6 nitrogen and oxygen atoms in total. The van der Waals surface area contributed by atoms with Gasteiger partial charge < -0.3 is 14.2 Å². The predicted octanol–water partition coefficient (Wildman–Crippen LogP) is 14.7. The van der Waals surface area contributed by atoms with Crippen molar-refractivity contribution in [3.63, 3.8) is 0 Å². The average Bonchev–Trinajstić information content (AvgIpc) is 3.19. The van der Waals surface area contributed by atoms with E-state index in [1.54, 1.807) is 0 Å². The van der Waals surface area contributed by atoms with E-state index in [1.807, 2.05) is 0 Å². The maximum atomic E-state index is 12.7. The maximum absolute atomic E-state index is 12.7. The summed E-state index contributed by atoms with van der Waals surface area (Å²) in [5.74, 6) is -0.926. The minimum atomic E-state index is -0.787. The normalized spacial score (nSPS) is 12.7. The zero-order valence-corrected chi connectivity index (χ0v) is 36.4. The maximum Gasteiger partial charge on any atom is 0.306 e. The molecule has 0 amide bonds. The Hall–Kier alpha value is -3.15. The fourth-order valence-corrected chi connectivity index (χ4v) is 6.15. The van der Waals surface area contributed by atoms with Crippen LogP contribution in [-0.4, -0.2) is 37.2 Å². The highest BCUT2D eigenvalue weighted by molar-refractivity contribution is 5.71. The van der Waals surface area contributed by atoms with Gasteiger partial charge >= 0.3 is 17.9 Å². The summed E-state index contributed by atoms with van der Waals surface area (Å²) in [6, 6.07) is 0. The number of carbonyl (C=O) groups excluding carboxylic acids is 3. The first-order valence-corrected chi connectivity index (χ1v) is 23.0. The highest BCUT2D eigenvalue weighted by atomic mass is 16.6. The Balaban J connectivity index is 4.42. The molecule has 0 saturated carbocycles. The first-order valence-electron chi connectivity index (χ1n) is 23.0. The lowest BCUT2D eigenvalue weighted by Crippen LogP contribution is -2.30. The van der Waals surface area contributed by atoms with Crippen molar-refractivity contribution in [2.24, 2.45) is 0 Å². The number of allylic oxidation sites excluding steroid dienone is 12. The van der Waals surface area contributed by atoms with Gasteiger partial charge in [-0.3, -0.25) is 14.4 Å². The van der Waals surface area contributed by atoms with Gasteiger partial charge in [-0.25, -0.2) is 0 Å². The summed E-state index contributed by atoms with van der Waals surface area (Å²) in [7, 11) is 0. The van der Waals surface area contributed by atoms with Gasteiger partial charge in [0.05, 0.1) is 0 Å². The topological polar surface area (TPSA) is 78.9 Å². The molecular weight excluding hydrogens is 697 g/mol. The highest BCUT2D eigenvalue weighted by Crippen LogP contribution is 2.14. The van der Waals surface area contributed by atoms with Crippen LogP contribution in [0.2, 0.25) is 0 Å². The van der Waals surface area contributed by atoms with Gasteiger partial charge in [-0.15, -0.1) is 0 Å². The quantitative estimate of drug-likeness (QED) is 0.0267. The summed E-state index contributed by atoms with van der Waals surface area (Å²) in [5.41, 5.74) is 0. The van der Waals surface area contributed by atoms with Crippen molar-refractivity contribution in [1.82, 2.24) is 0 Å². The van der Waals surface area contributed by atoms with Crippen LogP contribution in [0.4, 0.5) is 0 Å². The van der Waals surface area contributed by atoms with Crippen molar-refractivity contribution in [1.29, 1.82) is 0 Å². The van der Waals surface area contributed by atoms with Crippen molar-refractivity contribution in [3.05, 3.63) is 72.9 Å². The Bertz CT molecular complexity index is 1080.